The number of hydrogen-bond acceptors (Lipinski definition) is 1. The van der Waals surface area contributed by atoms with E-state index in [1.54, 1.807) is 0 Å². The topological polar surface area (TPSA) is 12.0 Å². The average molecular weight is 251 g/mol. The van der Waals surface area contributed by atoms with Gasteiger partial charge in [0.1, 0.15) is 0 Å². The van der Waals surface area contributed by atoms with E-state index in [-0.39, 0.29) is 0 Å². The van der Waals surface area contributed by atoms with Gasteiger partial charge < -0.3 is 5.32 Å². The third-order valence-corrected chi connectivity index (χ3v) is 5.39. The van der Waals surface area contributed by atoms with Crippen LogP contribution in [0.3, 0.4) is 0 Å². The Morgan fingerprint density at radius 1 is 0.667 bits per heavy atom. The van der Waals surface area contributed by atoms with Gasteiger partial charge >= 0.3 is 0 Å². The van der Waals surface area contributed by atoms with Crippen LogP contribution >= 0.6 is 0 Å². The molecule has 1 heteroatoms. The van der Waals surface area contributed by atoms with Crippen LogP contribution in [0.25, 0.3) is 0 Å². The van der Waals surface area contributed by atoms with Gasteiger partial charge in [-0.25, -0.2) is 0 Å². The van der Waals surface area contributed by atoms with Crippen molar-refractivity contribution >= 4 is 0 Å². The monoisotopic (exact) mass is 251 g/mol. The maximum Gasteiger partial charge on any atom is 0.00700 e. The molecule has 0 heterocycles. The van der Waals surface area contributed by atoms with Crippen LogP contribution in [0.1, 0.15) is 85.5 Å². The molecule has 0 saturated heterocycles. The fraction of sp³-hybridized carbons (Fsp3) is 1.00. The smallest absolute Gasteiger partial charge is 0.00700 e. The molecule has 2 rings (SSSR count). The van der Waals surface area contributed by atoms with E-state index in [2.05, 4.69) is 33.0 Å². The van der Waals surface area contributed by atoms with E-state index in [4.69, 9.17) is 0 Å². The highest BCUT2D eigenvalue weighted by Gasteiger charge is 2.29. The molecule has 1 nitrogen and oxygen atoms in total. The minimum atomic E-state index is 0.588. The molecule has 0 amide bonds. The van der Waals surface area contributed by atoms with Gasteiger partial charge in [-0.2, -0.15) is 0 Å². The largest absolute Gasteiger partial charge is 0.311 e. The number of rotatable bonds is 2. The van der Waals surface area contributed by atoms with E-state index in [1.165, 1.54) is 57.8 Å². The Morgan fingerprint density at radius 2 is 1.11 bits per heavy atom. The van der Waals surface area contributed by atoms with Gasteiger partial charge in [-0.3, -0.25) is 0 Å². The van der Waals surface area contributed by atoms with Gasteiger partial charge in [-0.15, -0.1) is 0 Å². The third kappa shape index (κ3) is 4.26. The zero-order valence-corrected chi connectivity index (χ0v) is 13.0. The molecule has 0 aromatic rings. The van der Waals surface area contributed by atoms with Gasteiger partial charge in [0, 0.05) is 12.1 Å². The molecule has 0 aromatic heterocycles. The molecular formula is C17H33N. The van der Waals surface area contributed by atoms with Crippen LogP contribution in [-0.4, -0.2) is 12.1 Å². The van der Waals surface area contributed by atoms with E-state index in [1.807, 2.05) is 0 Å². The molecular weight excluding hydrogens is 218 g/mol. The Balaban J connectivity index is 1.77. The fourth-order valence-electron chi connectivity index (χ4n) is 3.73. The lowest BCUT2D eigenvalue weighted by atomic mass is 9.75. The summed E-state index contributed by atoms with van der Waals surface area (Å²) in [5.41, 5.74) is 1.19. The van der Waals surface area contributed by atoms with Crippen molar-refractivity contribution in [2.24, 2.45) is 10.8 Å². The van der Waals surface area contributed by atoms with E-state index in [0.717, 1.165) is 12.1 Å². The first kappa shape index (κ1) is 14.4. The summed E-state index contributed by atoms with van der Waals surface area (Å²) >= 11 is 0. The van der Waals surface area contributed by atoms with Gasteiger partial charge in [-0.1, -0.05) is 34.1 Å². The minimum Gasteiger partial charge on any atom is -0.311 e. The van der Waals surface area contributed by atoms with Gasteiger partial charge in [-0.05, 0) is 62.2 Å². The first-order valence-electron chi connectivity index (χ1n) is 8.12. The predicted molar refractivity (Wildman–Crippen MR) is 79.8 cm³/mol. The predicted octanol–water partition coefficient (Wildman–Crippen LogP) is 4.90. The summed E-state index contributed by atoms with van der Waals surface area (Å²) in [6, 6.07) is 1.61. The van der Waals surface area contributed by atoms with Crippen molar-refractivity contribution in [1.29, 1.82) is 0 Å². The molecule has 2 fully saturated rings. The maximum absolute atomic E-state index is 3.97. The summed E-state index contributed by atoms with van der Waals surface area (Å²) < 4.78 is 0. The molecule has 2 aliphatic carbocycles. The van der Waals surface area contributed by atoms with Crippen molar-refractivity contribution in [2.45, 2.75) is 97.6 Å². The second kappa shape index (κ2) is 5.53. The lowest BCUT2D eigenvalue weighted by Gasteiger charge is -2.36. The Bertz CT molecular complexity index is 257. The SMILES string of the molecule is CC1(C)CCCC(NC2CCC(C)(C)CC2)CC1. The lowest BCUT2D eigenvalue weighted by molar-refractivity contribution is 0.194. The van der Waals surface area contributed by atoms with Gasteiger partial charge in [0.2, 0.25) is 0 Å². The highest BCUT2D eigenvalue weighted by Crippen LogP contribution is 2.37. The Kier molecular flexibility index (Phi) is 4.41. The Labute approximate surface area is 114 Å². The van der Waals surface area contributed by atoms with Crippen LogP contribution in [0, 0.1) is 10.8 Å². The molecule has 0 aliphatic heterocycles. The lowest BCUT2D eigenvalue weighted by Crippen LogP contribution is -2.41. The summed E-state index contributed by atoms with van der Waals surface area (Å²) in [5, 5.41) is 3.97. The van der Waals surface area contributed by atoms with Crippen molar-refractivity contribution in [2.75, 3.05) is 0 Å². The van der Waals surface area contributed by atoms with Crippen molar-refractivity contribution in [3.63, 3.8) is 0 Å². The summed E-state index contributed by atoms with van der Waals surface area (Å²) in [6.07, 6.45) is 12.6. The normalized spacial score (nSPS) is 33.0. The molecule has 0 aromatic carbocycles. The average Bonchev–Trinajstić information content (AvgIpc) is 2.44. The molecule has 106 valence electrons. The molecule has 0 bridgehead atoms. The van der Waals surface area contributed by atoms with Gasteiger partial charge in [0.25, 0.3) is 0 Å². The molecule has 2 saturated carbocycles. The van der Waals surface area contributed by atoms with Crippen molar-refractivity contribution < 1.29 is 0 Å². The minimum absolute atomic E-state index is 0.588. The zero-order chi connectivity index (χ0) is 13.2. The van der Waals surface area contributed by atoms with Crippen molar-refractivity contribution in [1.82, 2.24) is 5.32 Å². The number of hydrogen-bond donors (Lipinski definition) is 1. The summed E-state index contributed by atoms with van der Waals surface area (Å²) in [6.45, 7) is 9.74. The third-order valence-electron chi connectivity index (χ3n) is 5.39. The molecule has 1 N–H and O–H groups in total. The molecule has 1 atom stereocenters. The van der Waals surface area contributed by atoms with E-state index >= 15 is 0 Å². The molecule has 0 spiro atoms. The second-order valence-electron chi connectivity index (χ2n) is 8.40. The molecule has 2 aliphatic rings. The zero-order valence-electron chi connectivity index (χ0n) is 13.0. The summed E-state index contributed by atoms with van der Waals surface area (Å²) in [7, 11) is 0. The van der Waals surface area contributed by atoms with Crippen LogP contribution in [0.4, 0.5) is 0 Å². The molecule has 0 radical (unpaired) electrons. The van der Waals surface area contributed by atoms with E-state index in [0.29, 0.717) is 10.8 Å². The van der Waals surface area contributed by atoms with Crippen LogP contribution in [0.5, 0.6) is 0 Å². The van der Waals surface area contributed by atoms with Crippen molar-refractivity contribution in [3.05, 3.63) is 0 Å². The Hall–Kier alpha value is -0.0400. The van der Waals surface area contributed by atoms with Crippen molar-refractivity contribution in [3.8, 4) is 0 Å². The number of nitrogens with one attached hydrogen (secondary N) is 1. The fourth-order valence-corrected chi connectivity index (χ4v) is 3.73. The first-order chi connectivity index (χ1) is 8.36. The highest BCUT2D eigenvalue weighted by atomic mass is 15.0. The highest BCUT2D eigenvalue weighted by molar-refractivity contribution is 4.86. The quantitative estimate of drug-likeness (QED) is 0.688. The van der Waals surface area contributed by atoms with E-state index < -0.39 is 0 Å². The molecule has 18 heavy (non-hydrogen) atoms. The summed E-state index contributed by atoms with van der Waals surface area (Å²) in [5.74, 6) is 0. The van der Waals surface area contributed by atoms with Gasteiger partial charge in [0.05, 0.1) is 0 Å². The standard InChI is InChI=1S/C17H33N/c1-16(2)10-5-6-14(7-11-16)18-15-8-12-17(3,4)13-9-15/h14-15,18H,5-13H2,1-4H3. The van der Waals surface area contributed by atoms with E-state index in [9.17, 15) is 0 Å². The van der Waals surface area contributed by atoms with Crippen LogP contribution < -0.4 is 5.32 Å². The second-order valence-corrected chi connectivity index (χ2v) is 8.40. The first-order valence-corrected chi connectivity index (χ1v) is 8.12. The van der Waals surface area contributed by atoms with Crippen LogP contribution in [-0.2, 0) is 0 Å². The molecule has 1 unspecified atom stereocenters. The Morgan fingerprint density at radius 3 is 1.67 bits per heavy atom. The van der Waals surface area contributed by atoms with Crippen LogP contribution in [0.2, 0.25) is 0 Å². The summed E-state index contributed by atoms with van der Waals surface area (Å²) in [4.78, 5) is 0. The maximum atomic E-state index is 3.97. The van der Waals surface area contributed by atoms with Gasteiger partial charge in [0.15, 0.2) is 0 Å². The van der Waals surface area contributed by atoms with Crippen LogP contribution in [0.15, 0.2) is 0 Å².